The molecular weight excluding hydrogens is 302 g/mol. The predicted molar refractivity (Wildman–Crippen MR) is 83.4 cm³/mol. The molecule has 1 aromatic carbocycles. The number of benzene rings is 1. The first kappa shape index (κ1) is 15.7. The van der Waals surface area contributed by atoms with Gasteiger partial charge in [-0.3, -0.25) is 25.2 Å². The monoisotopic (exact) mass is 317 g/mol. The van der Waals surface area contributed by atoms with Gasteiger partial charge in [-0.25, -0.2) is 0 Å². The summed E-state index contributed by atoms with van der Waals surface area (Å²) in [5.41, 5.74) is 6.01. The molecule has 0 spiro atoms. The topological polar surface area (TPSA) is 87.3 Å². The van der Waals surface area contributed by atoms with Gasteiger partial charge in [0.15, 0.2) is 0 Å². The van der Waals surface area contributed by atoms with Crippen LogP contribution in [0.25, 0.3) is 0 Å². The Morgan fingerprint density at radius 1 is 1.00 bits per heavy atom. The van der Waals surface area contributed by atoms with E-state index in [1.165, 1.54) is 11.3 Å². The summed E-state index contributed by atoms with van der Waals surface area (Å²) < 4.78 is 0. The summed E-state index contributed by atoms with van der Waals surface area (Å²) in [5.74, 6) is -1.25. The van der Waals surface area contributed by atoms with Gasteiger partial charge in [-0.2, -0.15) is 0 Å². The lowest BCUT2D eigenvalue weighted by atomic mass is 10.1. The number of amides is 3. The van der Waals surface area contributed by atoms with Crippen molar-refractivity contribution in [3.8, 4) is 0 Å². The molecule has 0 aliphatic carbocycles. The third kappa shape index (κ3) is 4.42. The number of thiophene rings is 1. The molecule has 22 heavy (non-hydrogen) atoms. The van der Waals surface area contributed by atoms with Gasteiger partial charge in [0.2, 0.25) is 0 Å². The molecule has 0 unspecified atom stereocenters. The molecule has 7 heteroatoms. The first-order valence-electron chi connectivity index (χ1n) is 6.54. The zero-order valence-electron chi connectivity index (χ0n) is 11.9. The van der Waals surface area contributed by atoms with Crippen LogP contribution in [0.1, 0.15) is 25.6 Å². The van der Waals surface area contributed by atoms with Crippen LogP contribution in [-0.4, -0.2) is 24.3 Å². The van der Waals surface area contributed by atoms with Gasteiger partial charge < -0.3 is 5.32 Å². The van der Waals surface area contributed by atoms with Gasteiger partial charge in [0.1, 0.15) is 0 Å². The second-order valence-electron chi connectivity index (χ2n) is 4.53. The Balaban J connectivity index is 1.74. The van der Waals surface area contributed by atoms with Crippen molar-refractivity contribution in [1.29, 1.82) is 0 Å². The smallest absolute Gasteiger partial charge is 0.269 e. The molecule has 1 heterocycles. The van der Waals surface area contributed by atoms with Crippen molar-refractivity contribution >= 4 is 29.1 Å². The van der Waals surface area contributed by atoms with E-state index in [-0.39, 0.29) is 12.5 Å². The minimum Gasteiger partial charge on any atom is -0.342 e. The van der Waals surface area contributed by atoms with Crippen LogP contribution >= 0.6 is 11.3 Å². The van der Waals surface area contributed by atoms with E-state index in [1.807, 2.05) is 6.92 Å². The third-order valence-electron chi connectivity index (χ3n) is 2.78. The highest BCUT2D eigenvalue weighted by Gasteiger charge is 2.10. The highest BCUT2D eigenvalue weighted by Crippen LogP contribution is 2.07. The summed E-state index contributed by atoms with van der Waals surface area (Å²) in [5, 5.41) is 4.24. The van der Waals surface area contributed by atoms with Gasteiger partial charge in [-0.1, -0.05) is 23.8 Å². The van der Waals surface area contributed by atoms with E-state index in [1.54, 1.807) is 41.8 Å². The van der Waals surface area contributed by atoms with Crippen molar-refractivity contribution in [3.63, 3.8) is 0 Å². The first-order chi connectivity index (χ1) is 10.6. The van der Waals surface area contributed by atoms with Crippen LogP contribution in [0.4, 0.5) is 0 Å². The molecule has 0 fully saturated rings. The standard InChI is InChI=1S/C15H15N3O3S/c1-10-4-6-11(7-5-10)14(20)18-17-13(19)9-16-15(21)12-3-2-8-22-12/h2-8H,9H2,1H3,(H,16,21)(H,17,19)(H,18,20). The first-order valence-corrected chi connectivity index (χ1v) is 7.42. The third-order valence-corrected chi connectivity index (χ3v) is 3.65. The lowest BCUT2D eigenvalue weighted by molar-refractivity contribution is -0.120. The van der Waals surface area contributed by atoms with Crippen LogP contribution in [0.2, 0.25) is 0 Å². The van der Waals surface area contributed by atoms with Crippen LogP contribution in [-0.2, 0) is 4.79 Å². The van der Waals surface area contributed by atoms with Gasteiger partial charge in [0.05, 0.1) is 11.4 Å². The number of carbonyl (C=O) groups is 3. The number of hydrogen-bond acceptors (Lipinski definition) is 4. The number of hydrazine groups is 1. The highest BCUT2D eigenvalue weighted by molar-refractivity contribution is 7.12. The van der Waals surface area contributed by atoms with E-state index in [0.717, 1.165) is 5.56 Å². The molecule has 0 saturated carbocycles. The number of rotatable bonds is 4. The van der Waals surface area contributed by atoms with Crippen LogP contribution in [0.15, 0.2) is 41.8 Å². The molecular formula is C15H15N3O3S. The van der Waals surface area contributed by atoms with Gasteiger partial charge in [-0.15, -0.1) is 11.3 Å². The average Bonchev–Trinajstić information content (AvgIpc) is 3.05. The average molecular weight is 317 g/mol. The van der Waals surface area contributed by atoms with Crippen molar-refractivity contribution in [2.24, 2.45) is 0 Å². The van der Waals surface area contributed by atoms with Crippen LogP contribution in [0.5, 0.6) is 0 Å². The summed E-state index contributed by atoms with van der Waals surface area (Å²) in [4.78, 5) is 35.5. The van der Waals surface area contributed by atoms with Crippen molar-refractivity contribution in [2.75, 3.05) is 6.54 Å². The highest BCUT2D eigenvalue weighted by atomic mass is 32.1. The van der Waals surface area contributed by atoms with Crippen LogP contribution < -0.4 is 16.2 Å². The second kappa shape index (κ2) is 7.37. The minimum absolute atomic E-state index is 0.217. The Bertz CT molecular complexity index is 666. The number of aryl methyl sites for hydroxylation is 1. The molecule has 0 saturated heterocycles. The fourth-order valence-electron chi connectivity index (χ4n) is 1.60. The Labute approximate surface area is 131 Å². The number of hydrogen-bond donors (Lipinski definition) is 3. The van der Waals surface area contributed by atoms with E-state index in [4.69, 9.17) is 0 Å². The van der Waals surface area contributed by atoms with Gasteiger partial charge in [0, 0.05) is 5.56 Å². The Hall–Kier alpha value is -2.67. The van der Waals surface area contributed by atoms with E-state index < -0.39 is 11.8 Å². The normalized spacial score (nSPS) is 9.86. The lowest BCUT2D eigenvalue weighted by Crippen LogP contribution is -2.46. The fourth-order valence-corrected chi connectivity index (χ4v) is 2.24. The molecule has 0 aliphatic rings. The summed E-state index contributed by atoms with van der Waals surface area (Å²) in [7, 11) is 0. The van der Waals surface area contributed by atoms with E-state index in [9.17, 15) is 14.4 Å². The second-order valence-corrected chi connectivity index (χ2v) is 5.48. The fraction of sp³-hybridized carbons (Fsp3) is 0.133. The van der Waals surface area contributed by atoms with Gasteiger partial charge >= 0.3 is 0 Å². The van der Waals surface area contributed by atoms with E-state index in [0.29, 0.717) is 10.4 Å². The summed E-state index contributed by atoms with van der Waals surface area (Å²) in [6.07, 6.45) is 0. The zero-order valence-corrected chi connectivity index (χ0v) is 12.7. The van der Waals surface area contributed by atoms with Crippen LogP contribution in [0, 0.1) is 6.92 Å². The molecule has 2 rings (SSSR count). The molecule has 3 N–H and O–H groups in total. The van der Waals surface area contributed by atoms with Crippen LogP contribution in [0.3, 0.4) is 0 Å². The summed E-state index contributed by atoms with van der Waals surface area (Å²) in [6.45, 7) is 1.70. The molecule has 2 aromatic rings. The van der Waals surface area contributed by atoms with Crippen molar-refractivity contribution in [2.45, 2.75) is 6.92 Å². The zero-order chi connectivity index (χ0) is 15.9. The number of carbonyl (C=O) groups excluding carboxylic acids is 3. The molecule has 6 nitrogen and oxygen atoms in total. The van der Waals surface area contributed by atoms with Gasteiger partial charge in [-0.05, 0) is 30.5 Å². The molecule has 1 aromatic heterocycles. The molecule has 0 atom stereocenters. The lowest BCUT2D eigenvalue weighted by Gasteiger charge is -2.08. The quantitative estimate of drug-likeness (QED) is 0.742. The largest absolute Gasteiger partial charge is 0.342 e. The van der Waals surface area contributed by atoms with Crippen molar-refractivity contribution < 1.29 is 14.4 Å². The minimum atomic E-state index is -0.509. The summed E-state index contributed by atoms with van der Waals surface area (Å²) in [6, 6.07) is 10.3. The van der Waals surface area contributed by atoms with Crippen molar-refractivity contribution in [3.05, 3.63) is 57.8 Å². The molecule has 0 bridgehead atoms. The SMILES string of the molecule is Cc1ccc(C(=O)NNC(=O)CNC(=O)c2cccs2)cc1. The van der Waals surface area contributed by atoms with E-state index >= 15 is 0 Å². The molecule has 0 radical (unpaired) electrons. The molecule has 114 valence electrons. The predicted octanol–water partition coefficient (Wildman–Crippen LogP) is 1.25. The Kier molecular flexibility index (Phi) is 5.26. The number of nitrogens with one attached hydrogen (secondary N) is 3. The van der Waals surface area contributed by atoms with Gasteiger partial charge in [0.25, 0.3) is 17.7 Å². The van der Waals surface area contributed by atoms with Crippen molar-refractivity contribution in [1.82, 2.24) is 16.2 Å². The molecule has 3 amide bonds. The molecule has 0 aliphatic heterocycles. The summed E-state index contributed by atoms with van der Waals surface area (Å²) >= 11 is 1.29. The maximum absolute atomic E-state index is 11.8. The Morgan fingerprint density at radius 3 is 2.36 bits per heavy atom. The van der Waals surface area contributed by atoms with E-state index in [2.05, 4.69) is 16.2 Å². The maximum Gasteiger partial charge on any atom is 0.269 e. The maximum atomic E-state index is 11.8. The Morgan fingerprint density at radius 2 is 1.73 bits per heavy atom.